The molecule has 0 radical (unpaired) electrons. The maximum absolute atomic E-state index is 9.76. The second-order valence-electron chi connectivity index (χ2n) is 5.67. The maximum atomic E-state index is 9.76. The molecule has 1 N–H and O–H groups in total. The Bertz CT molecular complexity index is 662. The van der Waals surface area contributed by atoms with E-state index < -0.39 is 0 Å². The van der Waals surface area contributed by atoms with E-state index in [1.807, 2.05) is 6.07 Å². The standard InChI is InChI=1S/C17H17NO/c1-18-8-7-11-3-2-4-14-15-10-13(19)6-5-12(15)9-16(18)17(11)14/h2-6,10,16,19H,7-9H2,1H3/t16-/m0/s1. The number of hydrogen-bond acceptors (Lipinski definition) is 2. The van der Waals surface area contributed by atoms with Gasteiger partial charge in [-0.15, -0.1) is 0 Å². The lowest BCUT2D eigenvalue weighted by Gasteiger charge is -2.39. The number of likely N-dealkylation sites (N-methyl/N-ethyl adjacent to an activating group) is 1. The van der Waals surface area contributed by atoms with E-state index in [-0.39, 0.29) is 0 Å². The first-order valence-corrected chi connectivity index (χ1v) is 6.88. The van der Waals surface area contributed by atoms with Gasteiger partial charge in [-0.2, -0.15) is 0 Å². The molecule has 1 atom stereocenters. The number of benzene rings is 2. The van der Waals surface area contributed by atoms with Crippen molar-refractivity contribution in [1.29, 1.82) is 0 Å². The van der Waals surface area contributed by atoms with Gasteiger partial charge in [0.15, 0.2) is 0 Å². The molecular formula is C17H17NO. The van der Waals surface area contributed by atoms with E-state index in [0.717, 1.165) is 19.4 Å². The van der Waals surface area contributed by atoms with Gasteiger partial charge in [0.05, 0.1) is 0 Å². The predicted octanol–water partition coefficient (Wildman–Crippen LogP) is 3.14. The number of hydrogen-bond donors (Lipinski definition) is 1. The van der Waals surface area contributed by atoms with Crippen LogP contribution < -0.4 is 0 Å². The van der Waals surface area contributed by atoms with Crippen LogP contribution in [0.4, 0.5) is 0 Å². The van der Waals surface area contributed by atoms with Gasteiger partial charge in [0.2, 0.25) is 0 Å². The number of aromatic hydroxyl groups is 1. The van der Waals surface area contributed by atoms with Crippen LogP contribution in [0.3, 0.4) is 0 Å². The summed E-state index contributed by atoms with van der Waals surface area (Å²) in [6.45, 7) is 1.13. The first kappa shape index (κ1) is 11.1. The third-order valence-electron chi connectivity index (χ3n) is 4.59. The van der Waals surface area contributed by atoms with Gasteiger partial charge in [0.1, 0.15) is 5.75 Å². The van der Waals surface area contributed by atoms with Gasteiger partial charge in [0, 0.05) is 12.6 Å². The molecule has 0 saturated carbocycles. The summed E-state index contributed by atoms with van der Waals surface area (Å²) in [5.41, 5.74) is 6.83. The number of nitrogens with zero attached hydrogens (tertiary/aromatic N) is 1. The lowest BCUT2D eigenvalue weighted by atomic mass is 9.77. The van der Waals surface area contributed by atoms with E-state index in [1.54, 1.807) is 6.07 Å². The minimum absolute atomic E-state index is 0.360. The molecular weight excluding hydrogens is 234 g/mol. The molecule has 2 aromatic rings. The Labute approximate surface area is 113 Å². The minimum Gasteiger partial charge on any atom is -0.508 e. The largest absolute Gasteiger partial charge is 0.508 e. The molecule has 0 fully saturated rings. The van der Waals surface area contributed by atoms with Crippen LogP contribution in [0.1, 0.15) is 22.7 Å². The highest BCUT2D eigenvalue weighted by Crippen LogP contribution is 2.45. The molecule has 0 amide bonds. The van der Waals surface area contributed by atoms with Crippen molar-refractivity contribution in [2.45, 2.75) is 18.9 Å². The van der Waals surface area contributed by atoms with Crippen LogP contribution in [0.5, 0.6) is 5.75 Å². The summed E-state index contributed by atoms with van der Waals surface area (Å²) in [5.74, 6) is 0.360. The summed E-state index contributed by atoms with van der Waals surface area (Å²) in [6, 6.07) is 12.9. The Hall–Kier alpha value is -1.80. The Balaban J connectivity index is 2.02. The van der Waals surface area contributed by atoms with E-state index in [2.05, 4.69) is 36.2 Å². The highest BCUT2D eigenvalue weighted by Gasteiger charge is 2.32. The lowest BCUT2D eigenvalue weighted by Crippen LogP contribution is -2.35. The second-order valence-corrected chi connectivity index (χ2v) is 5.67. The molecule has 2 aliphatic rings. The van der Waals surface area contributed by atoms with Crippen molar-refractivity contribution in [3.05, 3.63) is 53.1 Å². The number of rotatable bonds is 0. The van der Waals surface area contributed by atoms with Crippen LogP contribution in [0.25, 0.3) is 11.1 Å². The maximum Gasteiger partial charge on any atom is 0.116 e. The zero-order valence-electron chi connectivity index (χ0n) is 11.1. The van der Waals surface area contributed by atoms with Gasteiger partial charge < -0.3 is 5.11 Å². The third kappa shape index (κ3) is 1.53. The molecule has 96 valence electrons. The molecule has 0 bridgehead atoms. The average molecular weight is 251 g/mol. The van der Waals surface area contributed by atoms with Gasteiger partial charge in [-0.1, -0.05) is 24.3 Å². The fraction of sp³-hybridized carbons (Fsp3) is 0.294. The topological polar surface area (TPSA) is 23.5 Å². The molecule has 2 aromatic carbocycles. The van der Waals surface area contributed by atoms with Crippen LogP contribution >= 0.6 is 0 Å². The van der Waals surface area contributed by atoms with Crippen molar-refractivity contribution in [3.63, 3.8) is 0 Å². The Morgan fingerprint density at radius 1 is 1.11 bits per heavy atom. The molecule has 0 spiro atoms. The van der Waals surface area contributed by atoms with Crippen molar-refractivity contribution in [1.82, 2.24) is 4.90 Å². The zero-order valence-corrected chi connectivity index (χ0v) is 11.1. The summed E-state index contributed by atoms with van der Waals surface area (Å²) in [7, 11) is 2.22. The Morgan fingerprint density at radius 2 is 2.00 bits per heavy atom. The highest BCUT2D eigenvalue weighted by molar-refractivity contribution is 5.76. The van der Waals surface area contributed by atoms with Crippen molar-refractivity contribution in [3.8, 4) is 16.9 Å². The van der Waals surface area contributed by atoms with Gasteiger partial charge >= 0.3 is 0 Å². The molecule has 2 heteroatoms. The summed E-state index contributed by atoms with van der Waals surface area (Å²) in [5, 5.41) is 9.76. The first-order valence-electron chi connectivity index (χ1n) is 6.88. The van der Waals surface area contributed by atoms with E-state index >= 15 is 0 Å². The quantitative estimate of drug-likeness (QED) is 0.777. The van der Waals surface area contributed by atoms with Crippen LogP contribution in [-0.4, -0.2) is 23.6 Å². The van der Waals surface area contributed by atoms with Crippen LogP contribution in [0.2, 0.25) is 0 Å². The molecule has 1 aliphatic carbocycles. The number of phenolic OH excluding ortho intramolecular Hbond substituents is 1. The molecule has 19 heavy (non-hydrogen) atoms. The fourth-order valence-electron chi connectivity index (χ4n) is 3.59. The van der Waals surface area contributed by atoms with E-state index in [0.29, 0.717) is 11.8 Å². The zero-order chi connectivity index (χ0) is 13.0. The Kier molecular flexibility index (Phi) is 2.24. The van der Waals surface area contributed by atoms with Crippen molar-refractivity contribution >= 4 is 0 Å². The third-order valence-corrected chi connectivity index (χ3v) is 4.59. The van der Waals surface area contributed by atoms with Gasteiger partial charge in [-0.3, -0.25) is 4.90 Å². The highest BCUT2D eigenvalue weighted by atomic mass is 16.3. The molecule has 0 aromatic heterocycles. The first-order chi connectivity index (χ1) is 9.24. The average Bonchev–Trinajstić information content (AvgIpc) is 2.43. The lowest BCUT2D eigenvalue weighted by molar-refractivity contribution is 0.228. The summed E-state index contributed by atoms with van der Waals surface area (Å²) >= 11 is 0. The molecule has 0 saturated heterocycles. The summed E-state index contributed by atoms with van der Waals surface area (Å²) in [6.07, 6.45) is 2.18. The minimum atomic E-state index is 0.360. The second kappa shape index (κ2) is 3.84. The van der Waals surface area contributed by atoms with Crippen LogP contribution in [0, 0.1) is 0 Å². The van der Waals surface area contributed by atoms with E-state index in [1.165, 1.54) is 27.8 Å². The molecule has 1 aliphatic heterocycles. The van der Waals surface area contributed by atoms with Crippen molar-refractivity contribution in [2.24, 2.45) is 0 Å². The van der Waals surface area contributed by atoms with Crippen molar-refractivity contribution < 1.29 is 5.11 Å². The molecule has 4 rings (SSSR count). The van der Waals surface area contributed by atoms with Crippen molar-refractivity contribution in [2.75, 3.05) is 13.6 Å². The van der Waals surface area contributed by atoms with Gasteiger partial charge in [0.25, 0.3) is 0 Å². The smallest absolute Gasteiger partial charge is 0.116 e. The van der Waals surface area contributed by atoms with E-state index in [9.17, 15) is 5.11 Å². The Morgan fingerprint density at radius 3 is 2.89 bits per heavy atom. The molecule has 1 heterocycles. The summed E-state index contributed by atoms with van der Waals surface area (Å²) in [4.78, 5) is 2.46. The molecule has 2 nitrogen and oxygen atoms in total. The summed E-state index contributed by atoms with van der Waals surface area (Å²) < 4.78 is 0. The SMILES string of the molecule is CN1CCc2cccc3c2[C@@H]1Cc1ccc(O)cc1-3. The van der Waals surface area contributed by atoms with Gasteiger partial charge in [-0.25, -0.2) is 0 Å². The predicted molar refractivity (Wildman–Crippen MR) is 76.3 cm³/mol. The molecule has 0 unspecified atom stereocenters. The number of phenols is 1. The van der Waals surface area contributed by atoms with E-state index in [4.69, 9.17) is 0 Å². The van der Waals surface area contributed by atoms with Gasteiger partial charge in [-0.05, 0) is 59.8 Å². The van der Waals surface area contributed by atoms with Crippen LogP contribution in [-0.2, 0) is 12.8 Å². The monoisotopic (exact) mass is 251 g/mol. The number of fused-ring (bicyclic) bond motifs is 2. The van der Waals surface area contributed by atoms with Crippen LogP contribution in [0.15, 0.2) is 36.4 Å². The fourth-order valence-corrected chi connectivity index (χ4v) is 3.59. The normalized spacial score (nSPS) is 20.8.